The van der Waals surface area contributed by atoms with E-state index in [1.807, 2.05) is 36.7 Å². The van der Waals surface area contributed by atoms with Crippen LogP contribution in [0.1, 0.15) is 24.4 Å². The average molecular weight is 373 g/mol. The number of hydrogen-bond donors (Lipinski definition) is 1. The van der Waals surface area contributed by atoms with Crippen LogP contribution in [0.2, 0.25) is 0 Å². The Balaban J connectivity index is 1.51. The number of aromatic nitrogens is 2. The summed E-state index contributed by atoms with van der Waals surface area (Å²) in [6.07, 6.45) is 5.86. The van der Waals surface area contributed by atoms with Crippen LogP contribution in [-0.2, 0) is 0 Å². The Morgan fingerprint density at radius 1 is 1.00 bits per heavy atom. The summed E-state index contributed by atoms with van der Waals surface area (Å²) >= 11 is 1.74. The summed E-state index contributed by atoms with van der Waals surface area (Å²) in [4.78, 5) is 11.4. The van der Waals surface area contributed by atoms with Gasteiger partial charge in [0.1, 0.15) is 5.75 Å². The lowest BCUT2D eigenvalue weighted by molar-refractivity contribution is 0.473. The number of phenols is 1. The van der Waals surface area contributed by atoms with Crippen molar-refractivity contribution in [2.75, 3.05) is 11.4 Å². The number of hydrogen-bond acceptors (Lipinski definition) is 5. The minimum Gasteiger partial charge on any atom is -0.508 e. The molecule has 0 aliphatic carbocycles. The van der Waals surface area contributed by atoms with Crippen molar-refractivity contribution in [2.24, 2.45) is 0 Å². The first-order valence-corrected chi connectivity index (χ1v) is 9.96. The van der Waals surface area contributed by atoms with Gasteiger partial charge in [-0.15, -0.1) is 0 Å². The van der Waals surface area contributed by atoms with Crippen molar-refractivity contribution >= 4 is 26.7 Å². The van der Waals surface area contributed by atoms with Crippen LogP contribution in [0.15, 0.2) is 67.0 Å². The number of benzene rings is 2. The monoisotopic (exact) mass is 373 g/mol. The molecule has 0 saturated carbocycles. The molecule has 1 aliphatic heterocycles. The highest BCUT2D eigenvalue weighted by Crippen LogP contribution is 2.41. The van der Waals surface area contributed by atoms with Crippen molar-refractivity contribution in [2.45, 2.75) is 18.9 Å². The largest absolute Gasteiger partial charge is 0.508 e. The van der Waals surface area contributed by atoms with E-state index in [2.05, 4.69) is 34.1 Å². The smallest absolute Gasteiger partial charge is 0.186 e. The standard InChI is InChI=1S/C22H19N3OS/c26-18-4-1-3-17(13-18)20-5-2-12-25(20)22-24-19-7-6-16(14-21(19)27-22)15-8-10-23-11-9-15/h1,3-4,6-11,13-14,20,26H,2,5,12H2. The minimum atomic E-state index is 0.275. The molecule has 1 aliphatic rings. The molecule has 134 valence electrons. The lowest BCUT2D eigenvalue weighted by atomic mass is 10.0. The van der Waals surface area contributed by atoms with E-state index < -0.39 is 0 Å². The summed E-state index contributed by atoms with van der Waals surface area (Å²) in [5.41, 5.74) is 4.55. The van der Waals surface area contributed by atoms with Gasteiger partial charge in [0.05, 0.1) is 16.3 Å². The maximum atomic E-state index is 9.85. The predicted molar refractivity (Wildman–Crippen MR) is 110 cm³/mol. The summed E-state index contributed by atoms with van der Waals surface area (Å²) in [6.45, 7) is 0.997. The van der Waals surface area contributed by atoms with E-state index in [4.69, 9.17) is 4.98 Å². The van der Waals surface area contributed by atoms with Crippen molar-refractivity contribution in [3.8, 4) is 16.9 Å². The van der Waals surface area contributed by atoms with Crippen LogP contribution in [0.3, 0.4) is 0 Å². The van der Waals surface area contributed by atoms with Gasteiger partial charge in [-0.1, -0.05) is 29.5 Å². The predicted octanol–water partition coefficient (Wildman–Crippen LogP) is 5.41. The molecule has 0 spiro atoms. The molecule has 5 heteroatoms. The molecule has 1 unspecified atom stereocenters. The van der Waals surface area contributed by atoms with Gasteiger partial charge < -0.3 is 10.0 Å². The number of pyridine rings is 1. The highest BCUT2D eigenvalue weighted by atomic mass is 32.1. The van der Waals surface area contributed by atoms with Crippen molar-refractivity contribution < 1.29 is 5.11 Å². The van der Waals surface area contributed by atoms with Crippen LogP contribution in [-0.4, -0.2) is 21.6 Å². The third-order valence-corrected chi connectivity index (χ3v) is 6.20. The van der Waals surface area contributed by atoms with Crippen molar-refractivity contribution in [3.63, 3.8) is 0 Å². The number of phenolic OH excluding ortho intramolecular Hbond substituents is 1. The second kappa shape index (κ2) is 6.67. The molecule has 2 aromatic carbocycles. The molecule has 1 saturated heterocycles. The van der Waals surface area contributed by atoms with Gasteiger partial charge in [0.2, 0.25) is 0 Å². The Kier molecular flexibility index (Phi) is 4.02. The maximum Gasteiger partial charge on any atom is 0.186 e. The fourth-order valence-electron chi connectivity index (χ4n) is 3.83. The topological polar surface area (TPSA) is 49.2 Å². The quantitative estimate of drug-likeness (QED) is 0.522. The van der Waals surface area contributed by atoms with E-state index >= 15 is 0 Å². The van der Waals surface area contributed by atoms with Gasteiger partial charge in [0, 0.05) is 18.9 Å². The summed E-state index contributed by atoms with van der Waals surface area (Å²) in [6, 6.07) is 18.4. The van der Waals surface area contributed by atoms with E-state index in [1.165, 1.54) is 15.8 Å². The minimum absolute atomic E-state index is 0.275. The Hall–Kier alpha value is -2.92. The first-order valence-electron chi connectivity index (χ1n) is 9.14. The number of aromatic hydroxyl groups is 1. The molecule has 5 rings (SSSR count). The SMILES string of the molecule is Oc1cccc(C2CCCN2c2nc3ccc(-c4ccncc4)cc3s2)c1. The lowest BCUT2D eigenvalue weighted by Gasteiger charge is -2.24. The molecule has 27 heavy (non-hydrogen) atoms. The molecular formula is C22H19N3OS. The van der Waals surface area contributed by atoms with E-state index in [0.29, 0.717) is 5.75 Å². The highest BCUT2D eigenvalue weighted by molar-refractivity contribution is 7.22. The third-order valence-electron chi connectivity index (χ3n) is 5.14. The van der Waals surface area contributed by atoms with Crippen molar-refractivity contribution in [1.29, 1.82) is 0 Å². The summed E-state index contributed by atoms with van der Waals surface area (Å²) in [5.74, 6) is 0.325. The molecule has 1 atom stereocenters. The second-order valence-corrected chi connectivity index (χ2v) is 7.87. The molecule has 1 N–H and O–H groups in total. The number of thiazole rings is 1. The second-order valence-electron chi connectivity index (χ2n) is 6.86. The maximum absolute atomic E-state index is 9.85. The Morgan fingerprint density at radius 2 is 1.89 bits per heavy atom. The first-order chi connectivity index (χ1) is 13.3. The zero-order chi connectivity index (χ0) is 18.2. The van der Waals surface area contributed by atoms with E-state index in [0.717, 1.165) is 35.6 Å². The van der Waals surface area contributed by atoms with Gasteiger partial charge in [-0.2, -0.15) is 0 Å². The molecule has 0 bridgehead atoms. The van der Waals surface area contributed by atoms with Crippen molar-refractivity contribution in [1.82, 2.24) is 9.97 Å². The summed E-state index contributed by atoms with van der Waals surface area (Å²) in [7, 11) is 0. The number of rotatable bonds is 3. The van der Waals surface area contributed by atoms with E-state index in [9.17, 15) is 5.11 Å². The zero-order valence-corrected chi connectivity index (χ0v) is 15.6. The molecule has 3 heterocycles. The van der Waals surface area contributed by atoms with Crippen LogP contribution in [0.25, 0.3) is 21.3 Å². The molecule has 4 aromatic rings. The molecule has 0 amide bonds. The van der Waals surface area contributed by atoms with Crippen LogP contribution in [0, 0.1) is 0 Å². The zero-order valence-electron chi connectivity index (χ0n) is 14.7. The van der Waals surface area contributed by atoms with Crippen LogP contribution in [0.5, 0.6) is 5.75 Å². The first kappa shape index (κ1) is 16.3. The van der Waals surface area contributed by atoms with Gasteiger partial charge in [0.15, 0.2) is 5.13 Å². The highest BCUT2D eigenvalue weighted by Gasteiger charge is 2.28. The fraction of sp³-hybridized carbons (Fsp3) is 0.182. The fourth-order valence-corrected chi connectivity index (χ4v) is 4.91. The van der Waals surface area contributed by atoms with Gasteiger partial charge in [-0.3, -0.25) is 4.98 Å². The molecule has 1 fully saturated rings. The number of fused-ring (bicyclic) bond motifs is 1. The number of anilines is 1. The normalized spacial score (nSPS) is 16.9. The van der Waals surface area contributed by atoms with Gasteiger partial charge in [-0.25, -0.2) is 4.98 Å². The van der Waals surface area contributed by atoms with Crippen LogP contribution in [0.4, 0.5) is 5.13 Å². The number of nitrogens with zero attached hydrogens (tertiary/aromatic N) is 3. The van der Waals surface area contributed by atoms with E-state index in [-0.39, 0.29) is 6.04 Å². The Labute approximate surface area is 161 Å². The average Bonchev–Trinajstić information content (AvgIpc) is 3.35. The molecule has 2 aromatic heterocycles. The molecular weight excluding hydrogens is 354 g/mol. The Bertz CT molecular complexity index is 1090. The molecule has 0 radical (unpaired) electrons. The van der Waals surface area contributed by atoms with Crippen LogP contribution < -0.4 is 4.90 Å². The van der Waals surface area contributed by atoms with Gasteiger partial charge in [0.25, 0.3) is 0 Å². The van der Waals surface area contributed by atoms with Crippen LogP contribution >= 0.6 is 11.3 Å². The van der Waals surface area contributed by atoms with Crippen molar-refractivity contribution in [3.05, 3.63) is 72.6 Å². The lowest BCUT2D eigenvalue weighted by Crippen LogP contribution is -2.22. The third kappa shape index (κ3) is 3.04. The van der Waals surface area contributed by atoms with Gasteiger partial charge >= 0.3 is 0 Å². The molecule has 4 nitrogen and oxygen atoms in total. The van der Waals surface area contributed by atoms with Gasteiger partial charge in [-0.05, 0) is 65.9 Å². The summed E-state index contributed by atoms with van der Waals surface area (Å²) in [5, 5.41) is 10.9. The summed E-state index contributed by atoms with van der Waals surface area (Å²) < 4.78 is 1.20. The Morgan fingerprint density at radius 3 is 2.74 bits per heavy atom. The van der Waals surface area contributed by atoms with E-state index in [1.54, 1.807) is 17.4 Å².